The predicted octanol–water partition coefficient (Wildman–Crippen LogP) is 7.97. The molecule has 34 heavy (non-hydrogen) atoms. The van der Waals surface area contributed by atoms with Crippen molar-refractivity contribution in [2.75, 3.05) is 26.2 Å². The van der Waals surface area contributed by atoms with Crippen LogP contribution in [0.25, 0.3) is 0 Å². The highest BCUT2D eigenvalue weighted by molar-refractivity contribution is 5.72. The van der Waals surface area contributed by atoms with Gasteiger partial charge in [0.15, 0.2) is 6.17 Å². The third-order valence-corrected chi connectivity index (χ3v) is 7.65. The van der Waals surface area contributed by atoms with Gasteiger partial charge in [0.2, 0.25) is 5.91 Å². The van der Waals surface area contributed by atoms with Gasteiger partial charge in [0.1, 0.15) is 6.54 Å². The van der Waals surface area contributed by atoms with Crippen LogP contribution in [-0.2, 0) is 4.79 Å². The molecular formula is C30H58N3O+. The Kier molecular flexibility index (Phi) is 19.2. The Morgan fingerprint density at radius 2 is 1.38 bits per heavy atom. The van der Waals surface area contributed by atoms with Gasteiger partial charge < -0.3 is 5.32 Å². The number of hydrogen-bond acceptors (Lipinski definition) is 2. The number of likely N-dealkylation sites (N-methyl/N-ethyl adjacent to an activating group) is 1. The van der Waals surface area contributed by atoms with Gasteiger partial charge in [0, 0.05) is 13.3 Å². The van der Waals surface area contributed by atoms with Crippen LogP contribution in [0, 0.1) is 0 Å². The van der Waals surface area contributed by atoms with Crippen LogP contribution in [0.3, 0.4) is 0 Å². The number of carbonyl (C=O) groups excluding carboxylic acids is 1. The highest BCUT2D eigenvalue weighted by Crippen LogP contribution is 2.24. The number of carbonyl (C=O) groups is 1. The number of rotatable bonds is 23. The smallest absolute Gasteiger partial charge is 0.217 e. The second-order valence-electron chi connectivity index (χ2n) is 10.5. The van der Waals surface area contributed by atoms with Crippen molar-refractivity contribution in [2.24, 2.45) is 4.99 Å². The topological polar surface area (TPSA) is 41.5 Å². The Morgan fingerprint density at radius 1 is 0.853 bits per heavy atom. The van der Waals surface area contributed by atoms with Gasteiger partial charge in [0.05, 0.1) is 25.8 Å². The van der Waals surface area contributed by atoms with Crippen LogP contribution in [0.5, 0.6) is 0 Å². The molecule has 0 aromatic carbocycles. The van der Waals surface area contributed by atoms with E-state index in [0.29, 0.717) is 6.17 Å². The van der Waals surface area contributed by atoms with Crippen molar-refractivity contribution in [2.45, 2.75) is 143 Å². The fraction of sp³-hybridized carbons (Fsp3) is 0.867. The first-order valence-corrected chi connectivity index (χ1v) is 14.9. The van der Waals surface area contributed by atoms with E-state index < -0.39 is 0 Å². The third kappa shape index (κ3) is 15.0. The minimum atomic E-state index is 0.0721. The first-order chi connectivity index (χ1) is 16.6. The number of aliphatic imine (C=N–C) groups is 1. The van der Waals surface area contributed by atoms with E-state index in [0.717, 1.165) is 30.7 Å². The van der Waals surface area contributed by atoms with Crippen molar-refractivity contribution >= 4 is 12.1 Å². The van der Waals surface area contributed by atoms with E-state index in [4.69, 9.17) is 4.99 Å². The van der Waals surface area contributed by atoms with Crippen LogP contribution < -0.4 is 5.32 Å². The standard InChI is InChI=1S/C30H57N3O/c1-4-6-7-8-9-10-11-12-13-14-15-16-17-18-19-20-21-22-23-24-30-32-26-28-33(30,5-2)27-25-31-29(3)34/h6-7,26,30H,4-5,8-25,27-28H2,1-3H3/p+1/b7-6+. The molecule has 2 unspecified atom stereocenters. The molecule has 1 amide bonds. The van der Waals surface area contributed by atoms with Crippen molar-refractivity contribution in [1.29, 1.82) is 0 Å². The predicted molar refractivity (Wildman–Crippen MR) is 149 cm³/mol. The van der Waals surface area contributed by atoms with Gasteiger partial charge in [-0.3, -0.25) is 9.28 Å². The molecule has 0 spiro atoms. The van der Waals surface area contributed by atoms with Gasteiger partial charge in [-0.1, -0.05) is 103 Å². The average Bonchev–Trinajstić information content (AvgIpc) is 3.23. The van der Waals surface area contributed by atoms with Crippen molar-refractivity contribution in [1.82, 2.24) is 5.32 Å². The summed E-state index contributed by atoms with van der Waals surface area (Å²) in [7, 11) is 0. The largest absolute Gasteiger partial charge is 0.351 e. The summed E-state index contributed by atoms with van der Waals surface area (Å²) in [5.74, 6) is 0.0721. The van der Waals surface area contributed by atoms with Gasteiger partial charge in [-0.25, -0.2) is 4.99 Å². The molecule has 1 heterocycles. The van der Waals surface area contributed by atoms with E-state index >= 15 is 0 Å². The molecular weight excluding hydrogens is 418 g/mol. The molecule has 0 aliphatic carbocycles. The van der Waals surface area contributed by atoms with E-state index in [9.17, 15) is 4.79 Å². The molecule has 0 aromatic rings. The molecule has 0 saturated heterocycles. The normalized spacial score (nSPS) is 19.9. The van der Waals surface area contributed by atoms with Crippen LogP contribution in [0.15, 0.2) is 17.1 Å². The number of allylic oxidation sites excluding steroid dienone is 2. The highest BCUT2D eigenvalue weighted by Gasteiger charge is 2.37. The van der Waals surface area contributed by atoms with Crippen LogP contribution in [-0.4, -0.2) is 48.9 Å². The minimum Gasteiger partial charge on any atom is -0.351 e. The lowest BCUT2D eigenvalue weighted by Crippen LogP contribution is -2.55. The fourth-order valence-corrected chi connectivity index (χ4v) is 5.31. The zero-order valence-corrected chi connectivity index (χ0v) is 23.2. The Bertz CT molecular complexity index is 545. The summed E-state index contributed by atoms with van der Waals surface area (Å²) in [5, 5.41) is 2.97. The van der Waals surface area contributed by atoms with Crippen molar-refractivity contribution < 1.29 is 9.28 Å². The molecule has 4 heteroatoms. The quantitative estimate of drug-likeness (QED) is 0.0906. The molecule has 2 atom stereocenters. The SMILES string of the molecule is CC/C=C/CCCCCCCCCCCCCCCCCC1N=CC[N+]1(CC)CCNC(C)=O. The van der Waals surface area contributed by atoms with Gasteiger partial charge >= 0.3 is 0 Å². The van der Waals surface area contributed by atoms with Crippen LogP contribution >= 0.6 is 0 Å². The number of quaternary nitrogens is 1. The Morgan fingerprint density at radius 3 is 1.88 bits per heavy atom. The van der Waals surface area contributed by atoms with Crippen molar-refractivity contribution in [3.63, 3.8) is 0 Å². The van der Waals surface area contributed by atoms with E-state index in [1.807, 2.05) is 0 Å². The number of nitrogens with zero attached hydrogens (tertiary/aromatic N) is 2. The first-order valence-electron chi connectivity index (χ1n) is 14.9. The van der Waals surface area contributed by atoms with Gasteiger partial charge in [-0.2, -0.15) is 0 Å². The minimum absolute atomic E-state index is 0.0721. The molecule has 1 rings (SSSR count). The van der Waals surface area contributed by atoms with Crippen LogP contribution in [0.1, 0.15) is 136 Å². The van der Waals surface area contributed by atoms with Crippen molar-refractivity contribution in [3.05, 3.63) is 12.2 Å². The number of nitrogens with one attached hydrogen (secondary N) is 1. The molecule has 0 saturated carbocycles. The summed E-state index contributed by atoms with van der Waals surface area (Å²) in [5.41, 5.74) is 0. The molecule has 1 aliphatic rings. The summed E-state index contributed by atoms with van der Waals surface area (Å²) < 4.78 is 1.02. The van der Waals surface area contributed by atoms with E-state index in [1.54, 1.807) is 6.92 Å². The maximum absolute atomic E-state index is 11.2. The molecule has 4 nitrogen and oxygen atoms in total. The van der Waals surface area contributed by atoms with E-state index in [1.165, 1.54) is 116 Å². The summed E-state index contributed by atoms with van der Waals surface area (Å²) in [6.07, 6.45) is 32.0. The molecule has 0 bridgehead atoms. The molecule has 0 fully saturated rings. The zero-order chi connectivity index (χ0) is 24.7. The molecule has 0 aromatic heterocycles. The summed E-state index contributed by atoms with van der Waals surface area (Å²) in [6, 6.07) is 0. The number of unbranched alkanes of at least 4 members (excludes halogenated alkanes) is 15. The maximum Gasteiger partial charge on any atom is 0.217 e. The summed E-state index contributed by atoms with van der Waals surface area (Å²) in [4.78, 5) is 16.0. The average molecular weight is 477 g/mol. The zero-order valence-electron chi connectivity index (χ0n) is 23.2. The highest BCUT2D eigenvalue weighted by atomic mass is 16.1. The summed E-state index contributed by atoms with van der Waals surface area (Å²) in [6.45, 7) is 9.97. The monoisotopic (exact) mass is 476 g/mol. The van der Waals surface area contributed by atoms with Crippen molar-refractivity contribution in [3.8, 4) is 0 Å². The number of amides is 1. The molecule has 0 radical (unpaired) electrons. The maximum atomic E-state index is 11.2. The second-order valence-corrected chi connectivity index (χ2v) is 10.5. The lowest BCUT2D eigenvalue weighted by molar-refractivity contribution is -0.935. The van der Waals surface area contributed by atoms with Crippen LogP contribution in [0.4, 0.5) is 0 Å². The van der Waals surface area contributed by atoms with Gasteiger partial charge in [0.25, 0.3) is 0 Å². The Balaban J connectivity index is 1.89. The Labute approximate surface area is 212 Å². The number of hydrogen-bond donors (Lipinski definition) is 1. The first kappa shape index (κ1) is 30.9. The second kappa shape index (κ2) is 21.1. The molecule has 1 N–H and O–H groups in total. The van der Waals surface area contributed by atoms with Crippen LogP contribution in [0.2, 0.25) is 0 Å². The van der Waals surface area contributed by atoms with E-state index in [2.05, 4.69) is 37.5 Å². The lowest BCUT2D eigenvalue weighted by atomic mass is 10.0. The lowest BCUT2D eigenvalue weighted by Gasteiger charge is -2.38. The fourth-order valence-electron chi connectivity index (χ4n) is 5.31. The molecule has 1 aliphatic heterocycles. The van der Waals surface area contributed by atoms with Gasteiger partial charge in [-0.15, -0.1) is 0 Å². The third-order valence-electron chi connectivity index (χ3n) is 7.65. The Hall–Kier alpha value is -1.16. The van der Waals surface area contributed by atoms with Gasteiger partial charge in [-0.05, 0) is 32.6 Å². The summed E-state index contributed by atoms with van der Waals surface area (Å²) >= 11 is 0. The van der Waals surface area contributed by atoms with E-state index in [-0.39, 0.29) is 5.91 Å². The molecule has 198 valence electrons.